The highest BCUT2D eigenvalue weighted by Gasteiger charge is 2.27. The van der Waals surface area contributed by atoms with Gasteiger partial charge in [0.05, 0.1) is 27.7 Å². The summed E-state index contributed by atoms with van der Waals surface area (Å²) in [6.07, 6.45) is 72.0. The molecule has 0 radical (unpaired) electrons. The fourth-order valence-electron chi connectivity index (χ4n) is 7.70. The van der Waals surface area contributed by atoms with Crippen molar-refractivity contribution in [3.05, 3.63) is 97.2 Å². The van der Waals surface area contributed by atoms with Crippen molar-refractivity contribution in [3.63, 3.8) is 0 Å². The van der Waals surface area contributed by atoms with E-state index in [0.29, 0.717) is 23.9 Å². The first-order valence-corrected chi connectivity index (χ1v) is 30.5. The van der Waals surface area contributed by atoms with Crippen LogP contribution in [-0.4, -0.2) is 74.9 Å². The fourth-order valence-corrected chi connectivity index (χ4v) is 8.45. The fraction of sp³-hybridized carbons (Fsp3) is 0.710. The number of carbonyl (C=O) groups is 2. The zero-order valence-electron chi connectivity index (χ0n) is 46.9. The number of rotatable bonds is 52. The molecule has 2 unspecified atom stereocenters. The van der Waals surface area contributed by atoms with E-state index in [1.54, 1.807) is 0 Å². The van der Waals surface area contributed by atoms with E-state index in [2.05, 4.69) is 111 Å². The number of quaternary nitrogens is 1. The third-order valence-corrected chi connectivity index (χ3v) is 13.1. The van der Waals surface area contributed by atoms with E-state index >= 15 is 0 Å². The number of nitrogens with zero attached hydrogens (tertiary/aromatic N) is 1. The van der Waals surface area contributed by atoms with Gasteiger partial charge in [0.15, 0.2) is 6.10 Å². The van der Waals surface area contributed by atoms with Gasteiger partial charge in [0.25, 0.3) is 0 Å². The SMILES string of the molecule is CC/C=C\C/C=C\C/C=C\C/C=C\CCCCCCCCCCCCCCCCCCCCC(=O)OC(COC(=O)CCCCCC/C=C\C/C=C\C/C=C\C/C=C\CC)COP(=O)(O)OCC[N+](C)(C)C. The molecule has 0 saturated heterocycles. The largest absolute Gasteiger partial charge is 0.472 e. The molecule has 0 amide bonds. The lowest BCUT2D eigenvalue weighted by Gasteiger charge is -2.24. The molecule has 0 saturated carbocycles. The molecule has 0 aromatic carbocycles. The highest BCUT2D eigenvalue weighted by molar-refractivity contribution is 7.47. The van der Waals surface area contributed by atoms with Crippen molar-refractivity contribution in [2.45, 2.75) is 238 Å². The molecule has 0 fully saturated rings. The summed E-state index contributed by atoms with van der Waals surface area (Å²) in [4.78, 5) is 35.7. The molecule has 0 heterocycles. The number of hydrogen-bond donors (Lipinski definition) is 1. The van der Waals surface area contributed by atoms with E-state index in [1.165, 1.54) is 96.3 Å². The predicted molar refractivity (Wildman–Crippen MR) is 307 cm³/mol. The molecular weight excluding hydrogens is 918 g/mol. The van der Waals surface area contributed by atoms with Gasteiger partial charge in [-0.3, -0.25) is 18.6 Å². The summed E-state index contributed by atoms with van der Waals surface area (Å²) in [5.41, 5.74) is 0. The summed E-state index contributed by atoms with van der Waals surface area (Å²) in [6.45, 7) is 4.18. The summed E-state index contributed by atoms with van der Waals surface area (Å²) >= 11 is 0. The molecule has 2 atom stereocenters. The lowest BCUT2D eigenvalue weighted by atomic mass is 10.0. The molecule has 0 aliphatic carbocycles. The topological polar surface area (TPSA) is 108 Å². The molecule has 0 aliphatic rings. The van der Waals surface area contributed by atoms with Crippen LogP contribution in [0.1, 0.15) is 232 Å². The maximum absolute atomic E-state index is 12.8. The van der Waals surface area contributed by atoms with E-state index < -0.39 is 32.5 Å². The summed E-state index contributed by atoms with van der Waals surface area (Å²) in [5, 5.41) is 0. The van der Waals surface area contributed by atoms with Crippen LogP contribution in [0.3, 0.4) is 0 Å². The van der Waals surface area contributed by atoms with Crippen LogP contribution >= 0.6 is 7.82 Å². The van der Waals surface area contributed by atoms with Gasteiger partial charge in [-0.15, -0.1) is 0 Å². The van der Waals surface area contributed by atoms with Crippen LogP contribution in [0.5, 0.6) is 0 Å². The summed E-state index contributed by atoms with van der Waals surface area (Å²) in [5.74, 6) is -0.825. The van der Waals surface area contributed by atoms with Gasteiger partial charge in [-0.05, 0) is 89.9 Å². The maximum Gasteiger partial charge on any atom is 0.472 e. The van der Waals surface area contributed by atoms with Gasteiger partial charge in [0, 0.05) is 12.8 Å². The molecule has 1 N–H and O–H groups in total. The highest BCUT2D eigenvalue weighted by Crippen LogP contribution is 2.43. The molecule has 414 valence electrons. The zero-order chi connectivity index (χ0) is 52.7. The van der Waals surface area contributed by atoms with Crippen molar-refractivity contribution in [2.75, 3.05) is 47.5 Å². The quantitative estimate of drug-likeness (QED) is 0.0211. The van der Waals surface area contributed by atoms with Crippen molar-refractivity contribution >= 4 is 19.8 Å². The molecule has 72 heavy (non-hydrogen) atoms. The second-order valence-corrected chi connectivity index (χ2v) is 21.7. The van der Waals surface area contributed by atoms with Crippen LogP contribution in [0.2, 0.25) is 0 Å². The Balaban J connectivity index is 4.12. The number of allylic oxidation sites excluding steroid dienone is 16. The van der Waals surface area contributed by atoms with Gasteiger partial charge in [-0.1, -0.05) is 227 Å². The Morgan fingerprint density at radius 3 is 1.11 bits per heavy atom. The minimum Gasteiger partial charge on any atom is -0.462 e. The average molecular weight is 1030 g/mol. The first-order valence-electron chi connectivity index (χ1n) is 29.0. The Kier molecular flexibility index (Phi) is 50.5. The predicted octanol–water partition coefficient (Wildman–Crippen LogP) is 18.0. The number of phosphoric acid groups is 1. The van der Waals surface area contributed by atoms with Crippen LogP contribution in [-0.2, 0) is 32.7 Å². The lowest BCUT2D eigenvalue weighted by molar-refractivity contribution is -0.870. The molecule has 9 nitrogen and oxygen atoms in total. The maximum atomic E-state index is 12.8. The first kappa shape index (κ1) is 68.9. The van der Waals surface area contributed by atoms with Crippen LogP contribution < -0.4 is 0 Å². The molecule has 0 bridgehead atoms. The van der Waals surface area contributed by atoms with Crippen molar-refractivity contribution in [2.24, 2.45) is 0 Å². The molecule has 0 rings (SSSR count). The van der Waals surface area contributed by atoms with Gasteiger partial charge in [0.2, 0.25) is 0 Å². The van der Waals surface area contributed by atoms with E-state index in [0.717, 1.165) is 96.3 Å². The lowest BCUT2D eigenvalue weighted by Crippen LogP contribution is -2.37. The zero-order valence-corrected chi connectivity index (χ0v) is 47.8. The Hall–Kier alpha value is -3.07. The number of esters is 2. The Morgan fingerprint density at radius 2 is 0.750 bits per heavy atom. The number of likely N-dealkylation sites (N-methyl/N-ethyl adjacent to an activating group) is 1. The second-order valence-electron chi connectivity index (χ2n) is 20.3. The first-order chi connectivity index (χ1) is 35.0. The third-order valence-electron chi connectivity index (χ3n) is 12.1. The van der Waals surface area contributed by atoms with Crippen molar-refractivity contribution in [3.8, 4) is 0 Å². The normalized spacial score (nSPS) is 14.0. The van der Waals surface area contributed by atoms with E-state index in [9.17, 15) is 19.0 Å². The molecule has 0 spiro atoms. The molecular formula is C62H109NO8P+. The average Bonchev–Trinajstić information content (AvgIpc) is 3.34. The second kappa shape index (κ2) is 52.8. The standard InChI is InChI=1S/C62H108NO8P/c1-6-8-10-12-14-16-18-20-22-24-25-26-27-28-29-30-31-32-33-34-35-36-37-39-41-43-45-47-49-51-53-55-62(65)71-60(59-70-72(66,67)69-57-56-63(3,4)5)58-68-61(64)54-52-50-48-46-44-42-40-38-23-21-19-17-15-13-11-9-7-2/h8-11,14-17,20-23,25-26,40,42,60H,6-7,12-13,18-19,24,27-39,41,43-59H2,1-5H3/p+1/b10-8-,11-9-,16-14-,17-15-,22-20-,23-21-,26-25-,42-40-. The Bertz CT molecular complexity index is 1540. The molecule has 0 aromatic rings. The summed E-state index contributed by atoms with van der Waals surface area (Å²) in [6, 6.07) is 0. The number of phosphoric ester groups is 1. The summed E-state index contributed by atoms with van der Waals surface area (Å²) < 4.78 is 34.5. The smallest absolute Gasteiger partial charge is 0.462 e. The Morgan fingerprint density at radius 1 is 0.431 bits per heavy atom. The van der Waals surface area contributed by atoms with Gasteiger partial charge < -0.3 is 18.9 Å². The molecule has 0 aromatic heterocycles. The van der Waals surface area contributed by atoms with Crippen LogP contribution in [0, 0.1) is 0 Å². The van der Waals surface area contributed by atoms with Gasteiger partial charge in [-0.25, -0.2) is 4.57 Å². The molecule has 10 heteroatoms. The van der Waals surface area contributed by atoms with Crippen molar-refractivity contribution in [1.29, 1.82) is 0 Å². The minimum atomic E-state index is -4.39. The van der Waals surface area contributed by atoms with Gasteiger partial charge in [0.1, 0.15) is 19.8 Å². The third kappa shape index (κ3) is 56.2. The van der Waals surface area contributed by atoms with Crippen molar-refractivity contribution in [1.82, 2.24) is 0 Å². The van der Waals surface area contributed by atoms with Crippen LogP contribution in [0.15, 0.2) is 97.2 Å². The number of carbonyl (C=O) groups excluding carboxylic acids is 2. The minimum absolute atomic E-state index is 0.0241. The van der Waals surface area contributed by atoms with Crippen molar-refractivity contribution < 1.29 is 42.1 Å². The highest BCUT2D eigenvalue weighted by atomic mass is 31.2. The van der Waals surface area contributed by atoms with E-state index in [1.807, 2.05) is 21.1 Å². The summed E-state index contributed by atoms with van der Waals surface area (Å²) in [7, 11) is 1.46. The number of unbranched alkanes of at least 4 members (excludes halogenated alkanes) is 22. The number of hydrogen-bond acceptors (Lipinski definition) is 7. The monoisotopic (exact) mass is 1030 g/mol. The molecule has 0 aliphatic heterocycles. The number of ether oxygens (including phenoxy) is 2. The van der Waals surface area contributed by atoms with Gasteiger partial charge >= 0.3 is 19.8 Å². The van der Waals surface area contributed by atoms with Crippen LogP contribution in [0.4, 0.5) is 0 Å². The van der Waals surface area contributed by atoms with E-state index in [4.69, 9.17) is 18.5 Å². The Labute approximate surface area is 443 Å². The van der Waals surface area contributed by atoms with E-state index in [-0.39, 0.29) is 26.1 Å². The van der Waals surface area contributed by atoms with Crippen LogP contribution in [0.25, 0.3) is 0 Å². The van der Waals surface area contributed by atoms with Gasteiger partial charge in [-0.2, -0.15) is 0 Å².